The van der Waals surface area contributed by atoms with Crippen molar-refractivity contribution in [1.82, 2.24) is 0 Å². The number of benzene rings is 5. The normalized spacial score (nSPS) is 12.2. The Kier molecular flexibility index (Phi) is 4.06. The van der Waals surface area contributed by atoms with Gasteiger partial charge in [0.25, 0.3) is 0 Å². The Morgan fingerprint density at radius 2 is 1.19 bits per heavy atom. The molecule has 144 valence electrons. The van der Waals surface area contributed by atoms with Gasteiger partial charge in [-0.15, -0.1) is 0 Å². The van der Waals surface area contributed by atoms with E-state index in [0.29, 0.717) is 0 Å². The molecule has 0 unspecified atom stereocenters. The smallest absolute Gasteiger partial charge is 0.0615 e. The highest BCUT2D eigenvalue weighted by Crippen LogP contribution is 2.38. The summed E-state index contributed by atoms with van der Waals surface area (Å²) in [6, 6.07) is 33.1. The standard InChI is InChI=1S/C31H21/c1-21-8-6-9-22(18-21)23-10-7-11-24(19-23)25-16-17-30-28-14-3-2-12-26(28)27-13-4-5-15-29(27)31(30)20-25/h3-20H,1H3/q+1. The van der Waals surface area contributed by atoms with Crippen LogP contribution in [0.15, 0.2) is 97.1 Å². The Labute approximate surface area is 182 Å². The largest absolute Gasteiger partial charge is 0.111 e. The van der Waals surface area contributed by atoms with E-state index in [-0.39, 0.29) is 0 Å². The molecule has 1 aliphatic carbocycles. The molecule has 31 heavy (non-hydrogen) atoms. The van der Waals surface area contributed by atoms with Gasteiger partial charge in [-0.25, -0.2) is 0 Å². The molecule has 1 aliphatic rings. The fourth-order valence-corrected chi connectivity index (χ4v) is 4.73. The lowest BCUT2D eigenvalue weighted by Gasteiger charge is -2.12. The van der Waals surface area contributed by atoms with Crippen LogP contribution < -0.4 is 0 Å². The van der Waals surface area contributed by atoms with Crippen molar-refractivity contribution in [2.45, 2.75) is 6.92 Å². The van der Waals surface area contributed by atoms with Crippen LogP contribution in [0.4, 0.5) is 0 Å². The average Bonchev–Trinajstić information content (AvgIpc) is 2.84. The molecule has 0 saturated heterocycles. The van der Waals surface area contributed by atoms with Crippen LogP contribution in [0.1, 0.15) is 16.7 Å². The van der Waals surface area contributed by atoms with Crippen molar-refractivity contribution < 1.29 is 0 Å². The van der Waals surface area contributed by atoms with Gasteiger partial charge < -0.3 is 0 Å². The van der Waals surface area contributed by atoms with Gasteiger partial charge in [0.2, 0.25) is 0 Å². The molecule has 0 aromatic heterocycles. The third kappa shape index (κ3) is 2.97. The summed E-state index contributed by atoms with van der Waals surface area (Å²) in [6.45, 7) is 2.14. The van der Waals surface area contributed by atoms with Crippen LogP contribution >= 0.6 is 0 Å². The number of allylic oxidation sites excluding steroid dienone is 2. The summed E-state index contributed by atoms with van der Waals surface area (Å²) in [5, 5.41) is 5.17. The van der Waals surface area contributed by atoms with Crippen molar-refractivity contribution in [3.63, 3.8) is 0 Å². The van der Waals surface area contributed by atoms with E-state index in [1.54, 1.807) is 0 Å². The average molecular weight is 394 g/mol. The van der Waals surface area contributed by atoms with E-state index < -0.39 is 0 Å². The number of rotatable bonds is 2. The summed E-state index contributed by atoms with van der Waals surface area (Å²) in [4.78, 5) is 0. The highest BCUT2D eigenvalue weighted by atomic mass is 14.2. The zero-order valence-electron chi connectivity index (χ0n) is 17.4. The molecule has 0 bridgehead atoms. The van der Waals surface area contributed by atoms with Crippen LogP contribution in [-0.4, -0.2) is 0 Å². The third-order valence-corrected chi connectivity index (χ3v) is 6.23. The molecule has 0 heteroatoms. The first kappa shape index (κ1) is 17.8. The quantitative estimate of drug-likeness (QED) is 0.208. The van der Waals surface area contributed by atoms with Gasteiger partial charge in [0.05, 0.1) is 6.08 Å². The van der Waals surface area contributed by atoms with Crippen molar-refractivity contribution in [3.8, 4) is 22.3 Å². The van der Waals surface area contributed by atoms with Crippen LogP contribution in [0.5, 0.6) is 0 Å². The lowest BCUT2D eigenvalue weighted by molar-refractivity contribution is 1.47. The van der Waals surface area contributed by atoms with Crippen LogP contribution in [0.2, 0.25) is 0 Å². The minimum atomic E-state index is 1.24. The Bertz CT molecular complexity index is 1530. The molecule has 0 saturated carbocycles. The van der Waals surface area contributed by atoms with Gasteiger partial charge >= 0.3 is 0 Å². The van der Waals surface area contributed by atoms with Gasteiger partial charge in [-0.3, -0.25) is 0 Å². The summed E-state index contributed by atoms with van der Waals surface area (Å²) in [5.74, 6) is 0. The SMILES string of the molecule is Cc1cccc(-c2cccc(-c3ccc4c5c(c6ccccc6c4c3)C=[C+]C=C5)c2)c1. The zero-order chi connectivity index (χ0) is 20.8. The van der Waals surface area contributed by atoms with Crippen LogP contribution in [-0.2, 0) is 0 Å². The summed E-state index contributed by atoms with van der Waals surface area (Å²) in [7, 11) is 0. The second kappa shape index (κ2) is 7.06. The lowest BCUT2D eigenvalue weighted by atomic mass is 9.88. The molecule has 0 N–H and O–H groups in total. The number of hydrogen-bond acceptors (Lipinski definition) is 0. The molecule has 0 fully saturated rings. The van der Waals surface area contributed by atoms with E-state index in [4.69, 9.17) is 0 Å². The fraction of sp³-hybridized carbons (Fsp3) is 0.0323. The monoisotopic (exact) mass is 393 g/mol. The summed E-state index contributed by atoms with van der Waals surface area (Å²) in [5.41, 5.74) is 8.83. The number of hydrogen-bond donors (Lipinski definition) is 0. The molecule has 6 rings (SSSR count). The summed E-state index contributed by atoms with van der Waals surface area (Å²) >= 11 is 0. The van der Waals surface area contributed by atoms with Crippen molar-refractivity contribution in [1.29, 1.82) is 0 Å². The maximum atomic E-state index is 3.26. The minimum absolute atomic E-state index is 1.24. The molecular formula is C31H21+. The molecule has 0 aliphatic heterocycles. The molecule has 0 radical (unpaired) electrons. The zero-order valence-corrected chi connectivity index (χ0v) is 17.4. The molecule has 5 aromatic carbocycles. The third-order valence-electron chi connectivity index (χ3n) is 6.23. The predicted molar refractivity (Wildman–Crippen MR) is 134 cm³/mol. The second-order valence-corrected chi connectivity index (χ2v) is 8.23. The highest BCUT2D eigenvalue weighted by Gasteiger charge is 2.19. The Hall–Kier alpha value is -3.99. The Morgan fingerprint density at radius 1 is 0.516 bits per heavy atom. The van der Waals surface area contributed by atoms with Crippen molar-refractivity contribution in [3.05, 3.63) is 120 Å². The molecule has 0 nitrogen and oxygen atoms in total. The van der Waals surface area contributed by atoms with E-state index in [1.165, 1.54) is 60.5 Å². The maximum absolute atomic E-state index is 3.26. The first-order valence-electron chi connectivity index (χ1n) is 10.7. The van der Waals surface area contributed by atoms with E-state index >= 15 is 0 Å². The first-order chi connectivity index (χ1) is 15.3. The highest BCUT2D eigenvalue weighted by molar-refractivity contribution is 6.16. The molecular weight excluding hydrogens is 372 g/mol. The van der Waals surface area contributed by atoms with Crippen molar-refractivity contribution in [2.24, 2.45) is 0 Å². The van der Waals surface area contributed by atoms with Gasteiger partial charge in [0, 0.05) is 22.2 Å². The fourth-order valence-electron chi connectivity index (χ4n) is 4.73. The van der Waals surface area contributed by atoms with Gasteiger partial charge in [-0.2, -0.15) is 0 Å². The Morgan fingerprint density at radius 3 is 2.00 bits per heavy atom. The number of fused-ring (bicyclic) bond motifs is 6. The van der Waals surface area contributed by atoms with Gasteiger partial charge in [0.1, 0.15) is 23.3 Å². The molecule has 0 heterocycles. The molecule has 5 aromatic rings. The van der Waals surface area contributed by atoms with Crippen LogP contribution in [0.25, 0.3) is 56.0 Å². The topological polar surface area (TPSA) is 0 Å². The van der Waals surface area contributed by atoms with Crippen LogP contribution in [0.3, 0.4) is 0 Å². The first-order valence-corrected chi connectivity index (χ1v) is 10.7. The number of aryl methyl sites for hydroxylation is 1. The van der Waals surface area contributed by atoms with E-state index in [9.17, 15) is 0 Å². The van der Waals surface area contributed by atoms with Crippen molar-refractivity contribution in [2.75, 3.05) is 0 Å². The van der Waals surface area contributed by atoms with Crippen LogP contribution in [0, 0.1) is 13.0 Å². The van der Waals surface area contributed by atoms with E-state index in [2.05, 4.69) is 116 Å². The minimum Gasteiger partial charge on any atom is -0.0615 e. The summed E-state index contributed by atoms with van der Waals surface area (Å²) in [6.07, 6.45) is 9.56. The molecule has 0 amide bonds. The van der Waals surface area contributed by atoms with Crippen molar-refractivity contribution >= 4 is 33.7 Å². The molecule has 0 spiro atoms. The maximum Gasteiger partial charge on any atom is 0.111 e. The molecule has 0 atom stereocenters. The van der Waals surface area contributed by atoms with Gasteiger partial charge in [-0.05, 0) is 52.8 Å². The van der Waals surface area contributed by atoms with E-state index in [1.807, 2.05) is 6.08 Å². The second-order valence-electron chi connectivity index (χ2n) is 8.23. The van der Waals surface area contributed by atoms with E-state index in [0.717, 1.165) is 0 Å². The predicted octanol–water partition coefficient (Wildman–Crippen LogP) is 8.48. The Balaban J connectivity index is 1.57. The van der Waals surface area contributed by atoms with Gasteiger partial charge in [0.15, 0.2) is 0 Å². The summed E-state index contributed by atoms with van der Waals surface area (Å²) < 4.78 is 0. The van der Waals surface area contributed by atoms with Gasteiger partial charge in [-0.1, -0.05) is 78.4 Å². The lowest BCUT2D eigenvalue weighted by Crippen LogP contribution is -1.92.